The summed E-state index contributed by atoms with van der Waals surface area (Å²) in [5, 5.41) is 23.6. The summed E-state index contributed by atoms with van der Waals surface area (Å²) in [4.78, 5) is 22.6. The van der Waals surface area contributed by atoms with Gasteiger partial charge in [-0.05, 0) is 5.21 Å². The molecule has 2 rings (SSSR count). The fraction of sp³-hybridized carbons (Fsp3) is 0.571. The quantitative estimate of drug-likeness (QED) is 0.553. The highest BCUT2D eigenvalue weighted by Crippen LogP contribution is 2.19. The van der Waals surface area contributed by atoms with Gasteiger partial charge in [0.15, 0.2) is 5.54 Å². The first kappa shape index (κ1) is 10.5. The van der Waals surface area contributed by atoms with Gasteiger partial charge in [-0.2, -0.15) is 5.21 Å². The maximum absolute atomic E-state index is 11.6. The molecule has 0 radical (unpaired) electrons. The second-order valence-electron chi connectivity index (χ2n) is 3.38. The molecule has 1 saturated heterocycles. The minimum Gasteiger partial charge on any atom is -0.479 e. The zero-order valence-corrected chi connectivity index (χ0v) is 8.13. The van der Waals surface area contributed by atoms with Gasteiger partial charge in [-0.3, -0.25) is 4.79 Å². The van der Waals surface area contributed by atoms with E-state index >= 15 is 0 Å². The lowest BCUT2D eigenvalue weighted by atomic mass is 9.99. The molecule has 1 aliphatic heterocycles. The van der Waals surface area contributed by atoms with Crippen LogP contribution in [0, 0.1) is 0 Å². The third kappa shape index (κ3) is 1.72. The number of hydrogen-bond donors (Lipinski definition) is 3. The van der Waals surface area contributed by atoms with Crippen LogP contribution < -0.4 is 5.32 Å². The number of carbonyl (C=O) groups excluding carboxylic acids is 1. The zero-order valence-electron chi connectivity index (χ0n) is 8.13. The number of tetrazole rings is 1. The standard InChI is InChI=1S/C7H9N5O4/c13-5(4-9-11-12-10-4)8-7(6(14)15)1-2-16-3-7/h1-3H2,(H,8,13)(H,14,15)(H,9,10,11,12). The number of nitrogens with zero attached hydrogens (tertiary/aromatic N) is 3. The van der Waals surface area contributed by atoms with Gasteiger partial charge in [0.25, 0.3) is 11.7 Å². The number of carbonyl (C=O) groups is 2. The molecule has 86 valence electrons. The third-order valence-electron chi connectivity index (χ3n) is 2.33. The molecule has 1 amide bonds. The molecular formula is C7H9N5O4. The predicted molar refractivity (Wildman–Crippen MR) is 47.4 cm³/mol. The molecule has 1 aromatic heterocycles. The Balaban J connectivity index is 2.13. The monoisotopic (exact) mass is 227 g/mol. The minimum absolute atomic E-state index is 0.0636. The SMILES string of the molecule is O=C(NC1(C(=O)O)CCOC1)c1nn[nH]n1. The van der Waals surface area contributed by atoms with Crippen molar-refractivity contribution in [2.45, 2.75) is 12.0 Å². The third-order valence-corrected chi connectivity index (χ3v) is 2.33. The summed E-state index contributed by atoms with van der Waals surface area (Å²) in [6.07, 6.45) is 0.214. The summed E-state index contributed by atoms with van der Waals surface area (Å²) in [6.45, 7) is 0.227. The number of amides is 1. The van der Waals surface area contributed by atoms with Crippen molar-refractivity contribution in [3.05, 3.63) is 5.82 Å². The molecule has 9 nitrogen and oxygen atoms in total. The summed E-state index contributed by atoms with van der Waals surface area (Å²) < 4.78 is 4.98. The molecule has 0 aromatic carbocycles. The number of hydrogen-bond acceptors (Lipinski definition) is 6. The van der Waals surface area contributed by atoms with Crippen LogP contribution in [0.2, 0.25) is 0 Å². The molecule has 16 heavy (non-hydrogen) atoms. The highest BCUT2D eigenvalue weighted by atomic mass is 16.5. The van der Waals surface area contributed by atoms with E-state index in [9.17, 15) is 9.59 Å². The predicted octanol–water partition coefficient (Wildman–Crippen LogP) is -1.83. The Labute approximate surface area is 89.2 Å². The number of nitrogens with one attached hydrogen (secondary N) is 2. The average Bonchev–Trinajstić information content (AvgIpc) is 2.88. The molecule has 1 unspecified atom stereocenters. The van der Waals surface area contributed by atoms with Gasteiger partial charge < -0.3 is 15.2 Å². The normalized spacial score (nSPS) is 24.2. The molecule has 9 heteroatoms. The lowest BCUT2D eigenvalue weighted by Gasteiger charge is -2.22. The van der Waals surface area contributed by atoms with Crippen molar-refractivity contribution < 1.29 is 19.4 Å². The van der Waals surface area contributed by atoms with Crippen LogP contribution in [0.1, 0.15) is 17.0 Å². The van der Waals surface area contributed by atoms with E-state index in [1.165, 1.54) is 0 Å². The smallest absolute Gasteiger partial charge is 0.331 e. The number of ether oxygens (including phenoxy) is 1. The molecule has 2 heterocycles. The van der Waals surface area contributed by atoms with Gasteiger partial charge in [-0.25, -0.2) is 4.79 Å². The van der Waals surface area contributed by atoms with Crippen molar-refractivity contribution in [2.24, 2.45) is 0 Å². The summed E-state index contributed by atoms with van der Waals surface area (Å²) in [5.41, 5.74) is -1.39. The van der Waals surface area contributed by atoms with Crippen LogP contribution in [0.15, 0.2) is 0 Å². The second-order valence-corrected chi connectivity index (χ2v) is 3.38. The molecule has 1 aromatic rings. The van der Waals surface area contributed by atoms with Crippen LogP contribution in [0.5, 0.6) is 0 Å². The number of aliphatic carboxylic acids is 1. The molecule has 0 spiro atoms. The van der Waals surface area contributed by atoms with Crippen molar-refractivity contribution in [1.82, 2.24) is 25.9 Å². The van der Waals surface area contributed by atoms with E-state index in [1.54, 1.807) is 0 Å². The first-order valence-electron chi connectivity index (χ1n) is 4.51. The van der Waals surface area contributed by atoms with Gasteiger partial charge in [-0.15, -0.1) is 10.2 Å². The lowest BCUT2D eigenvalue weighted by molar-refractivity contribution is -0.144. The van der Waals surface area contributed by atoms with Crippen LogP contribution in [-0.4, -0.2) is 56.4 Å². The first-order chi connectivity index (χ1) is 7.64. The summed E-state index contributed by atoms with van der Waals surface area (Å²) >= 11 is 0. The van der Waals surface area contributed by atoms with Crippen LogP contribution in [0.3, 0.4) is 0 Å². The van der Waals surface area contributed by atoms with E-state index in [2.05, 4.69) is 25.9 Å². The second kappa shape index (κ2) is 3.85. The van der Waals surface area contributed by atoms with Crippen molar-refractivity contribution in [3.8, 4) is 0 Å². The summed E-state index contributed by atoms with van der Waals surface area (Å²) in [5.74, 6) is -2.03. The molecule has 1 fully saturated rings. The molecule has 1 atom stereocenters. The van der Waals surface area contributed by atoms with Gasteiger partial charge in [0.1, 0.15) is 0 Å². The topological polar surface area (TPSA) is 130 Å². The van der Waals surface area contributed by atoms with Crippen LogP contribution in [-0.2, 0) is 9.53 Å². The zero-order chi connectivity index (χ0) is 11.6. The van der Waals surface area contributed by atoms with Gasteiger partial charge in [0, 0.05) is 13.0 Å². The number of carboxylic acid groups (broad SMARTS) is 1. The Bertz CT molecular complexity index is 397. The van der Waals surface area contributed by atoms with E-state index in [0.717, 1.165) is 0 Å². The Morgan fingerprint density at radius 2 is 2.38 bits per heavy atom. The highest BCUT2D eigenvalue weighted by Gasteiger charge is 2.44. The number of rotatable bonds is 3. The van der Waals surface area contributed by atoms with Crippen molar-refractivity contribution in [2.75, 3.05) is 13.2 Å². The largest absolute Gasteiger partial charge is 0.479 e. The number of aromatic amines is 1. The Morgan fingerprint density at radius 3 is 2.88 bits per heavy atom. The fourth-order valence-electron chi connectivity index (χ4n) is 1.42. The van der Waals surface area contributed by atoms with Crippen molar-refractivity contribution in [3.63, 3.8) is 0 Å². The van der Waals surface area contributed by atoms with E-state index in [0.29, 0.717) is 6.61 Å². The maximum atomic E-state index is 11.6. The average molecular weight is 227 g/mol. The molecular weight excluding hydrogens is 218 g/mol. The van der Waals surface area contributed by atoms with Crippen molar-refractivity contribution >= 4 is 11.9 Å². The minimum atomic E-state index is -1.39. The lowest BCUT2D eigenvalue weighted by Crippen LogP contribution is -2.55. The molecule has 0 bridgehead atoms. The van der Waals surface area contributed by atoms with E-state index in [-0.39, 0.29) is 18.9 Å². The Kier molecular flexibility index (Phi) is 2.52. The molecule has 3 N–H and O–H groups in total. The molecule has 0 saturated carbocycles. The Hall–Kier alpha value is -2.03. The highest BCUT2D eigenvalue weighted by molar-refractivity contribution is 5.95. The van der Waals surface area contributed by atoms with Crippen LogP contribution in [0.25, 0.3) is 0 Å². The Morgan fingerprint density at radius 1 is 1.56 bits per heavy atom. The molecule has 0 aliphatic carbocycles. The summed E-state index contributed by atoms with van der Waals surface area (Å²) in [7, 11) is 0. The van der Waals surface area contributed by atoms with E-state index < -0.39 is 17.4 Å². The number of carboxylic acids is 1. The van der Waals surface area contributed by atoms with Crippen molar-refractivity contribution in [1.29, 1.82) is 0 Å². The van der Waals surface area contributed by atoms with Gasteiger partial charge in [0.05, 0.1) is 6.61 Å². The van der Waals surface area contributed by atoms with E-state index in [1.807, 2.05) is 0 Å². The van der Waals surface area contributed by atoms with Gasteiger partial charge in [-0.1, -0.05) is 0 Å². The van der Waals surface area contributed by atoms with Gasteiger partial charge >= 0.3 is 5.97 Å². The number of H-pyrrole nitrogens is 1. The number of aromatic nitrogens is 4. The summed E-state index contributed by atoms with van der Waals surface area (Å²) in [6, 6.07) is 0. The molecule has 1 aliphatic rings. The first-order valence-corrected chi connectivity index (χ1v) is 4.51. The maximum Gasteiger partial charge on any atom is 0.331 e. The fourth-order valence-corrected chi connectivity index (χ4v) is 1.42. The van der Waals surface area contributed by atoms with Gasteiger partial charge in [0.2, 0.25) is 0 Å². The van der Waals surface area contributed by atoms with Crippen LogP contribution in [0.4, 0.5) is 0 Å². The van der Waals surface area contributed by atoms with Crippen LogP contribution >= 0.6 is 0 Å². The van der Waals surface area contributed by atoms with E-state index in [4.69, 9.17) is 9.84 Å².